The first kappa shape index (κ1) is 14.0. The fraction of sp³-hybridized carbons (Fsp3) is 0.200. The fourth-order valence-corrected chi connectivity index (χ4v) is 2.28. The molecule has 2 aromatic heterocycles. The van der Waals surface area contributed by atoms with E-state index in [0.717, 1.165) is 10.2 Å². The lowest BCUT2D eigenvalue weighted by atomic mass is 10.1. The van der Waals surface area contributed by atoms with E-state index in [4.69, 9.17) is 4.74 Å². The van der Waals surface area contributed by atoms with E-state index in [1.165, 1.54) is 6.07 Å². The van der Waals surface area contributed by atoms with Gasteiger partial charge in [0.05, 0.1) is 5.69 Å². The van der Waals surface area contributed by atoms with Gasteiger partial charge in [-0.25, -0.2) is 13.9 Å². The van der Waals surface area contributed by atoms with Crippen LogP contribution in [0.3, 0.4) is 0 Å². The first-order valence-corrected chi connectivity index (χ1v) is 7.31. The summed E-state index contributed by atoms with van der Waals surface area (Å²) < 4.78 is 21.8. The Hall–Kier alpha value is -1.95. The van der Waals surface area contributed by atoms with E-state index in [1.54, 1.807) is 29.0 Å². The quantitative estimate of drug-likeness (QED) is 0.696. The lowest BCUT2D eigenvalue weighted by Gasteiger charge is -2.07. The molecule has 0 amide bonds. The van der Waals surface area contributed by atoms with E-state index in [0.29, 0.717) is 17.3 Å². The Bertz CT molecular complexity index is 801. The molecule has 3 rings (SSSR count). The largest absolute Gasteiger partial charge is 0.434 e. The first-order chi connectivity index (χ1) is 10.0. The minimum absolute atomic E-state index is 0.122. The van der Waals surface area contributed by atoms with Crippen LogP contribution in [0.15, 0.2) is 41.1 Å². The number of nitrogens with zero attached hydrogens (tertiary/aromatic N) is 3. The van der Waals surface area contributed by atoms with Gasteiger partial charge in [-0.15, -0.1) is 0 Å². The lowest BCUT2D eigenvalue weighted by molar-refractivity contribution is 0.429. The summed E-state index contributed by atoms with van der Waals surface area (Å²) in [5.41, 5.74) is 1.64. The first-order valence-electron chi connectivity index (χ1n) is 6.52. The average Bonchev–Trinajstić information content (AvgIpc) is 2.88. The molecule has 0 aliphatic carbocycles. The lowest BCUT2D eigenvalue weighted by Crippen LogP contribution is -1.95. The number of hydrogen-bond acceptors (Lipinski definition) is 3. The number of aromatic nitrogens is 3. The summed E-state index contributed by atoms with van der Waals surface area (Å²) >= 11 is 3.30. The minimum Gasteiger partial charge on any atom is -0.434 e. The molecule has 0 saturated heterocycles. The molecule has 21 heavy (non-hydrogen) atoms. The highest BCUT2D eigenvalue weighted by atomic mass is 79.9. The van der Waals surface area contributed by atoms with Crippen molar-refractivity contribution in [3.8, 4) is 11.6 Å². The maximum atomic E-state index is 13.8. The Balaban J connectivity index is 2.06. The fourth-order valence-electron chi connectivity index (χ4n) is 1.94. The molecule has 4 nitrogen and oxygen atoms in total. The van der Waals surface area contributed by atoms with Gasteiger partial charge in [0.1, 0.15) is 5.52 Å². The van der Waals surface area contributed by atoms with Crippen molar-refractivity contribution >= 4 is 21.4 Å². The molecule has 0 aliphatic rings. The van der Waals surface area contributed by atoms with E-state index < -0.39 is 5.82 Å². The van der Waals surface area contributed by atoms with Crippen molar-refractivity contribution < 1.29 is 9.13 Å². The smallest absolute Gasteiger partial charge is 0.245 e. The van der Waals surface area contributed by atoms with Gasteiger partial charge in [-0.05, 0) is 30.2 Å². The van der Waals surface area contributed by atoms with Crippen molar-refractivity contribution in [1.82, 2.24) is 14.6 Å². The normalized spacial score (nSPS) is 11.3. The summed E-state index contributed by atoms with van der Waals surface area (Å²) in [5.74, 6) is 0.303. The highest BCUT2D eigenvalue weighted by Crippen LogP contribution is 2.29. The van der Waals surface area contributed by atoms with Crippen LogP contribution in [0.5, 0.6) is 11.6 Å². The zero-order valence-corrected chi connectivity index (χ0v) is 13.1. The Morgan fingerprint density at radius 1 is 1.29 bits per heavy atom. The van der Waals surface area contributed by atoms with Crippen LogP contribution in [0, 0.1) is 5.82 Å². The molecular formula is C15H13BrFN3O. The van der Waals surface area contributed by atoms with Crippen molar-refractivity contribution in [2.75, 3.05) is 0 Å². The van der Waals surface area contributed by atoms with Gasteiger partial charge in [0.2, 0.25) is 5.88 Å². The van der Waals surface area contributed by atoms with Crippen molar-refractivity contribution in [1.29, 1.82) is 0 Å². The molecule has 0 saturated carbocycles. The van der Waals surface area contributed by atoms with E-state index in [2.05, 4.69) is 39.9 Å². The van der Waals surface area contributed by atoms with Crippen LogP contribution in [0.25, 0.3) is 5.52 Å². The molecule has 0 aliphatic heterocycles. The zero-order chi connectivity index (χ0) is 15.0. The van der Waals surface area contributed by atoms with Gasteiger partial charge < -0.3 is 4.74 Å². The number of rotatable bonds is 3. The third-order valence-corrected chi connectivity index (χ3v) is 3.56. The maximum Gasteiger partial charge on any atom is 0.245 e. The molecule has 0 radical (unpaired) electrons. The summed E-state index contributed by atoms with van der Waals surface area (Å²) in [7, 11) is 0. The molecule has 3 aromatic rings. The van der Waals surface area contributed by atoms with Gasteiger partial charge >= 0.3 is 0 Å². The minimum atomic E-state index is -0.439. The van der Waals surface area contributed by atoms with Crippen molar-refractivity contribution in [2.24, 2.45) is 0 Å². The van der Waals surface area contributed by atoms with Gasteiger partial charge in [-0.3, -0.25) is 0 Å². The van der Waals surface area contributed by atoms with Crippen LogP contribution in [0.1, 0.15) is 25.5 Å². The molecule has 2 heterocycles. The SMILES string of the molecule is CC(C)c1cc2c(Oc3cc(Br)ccc3F)nccn2n1. The van der Waals surface area contributed by atoms with Crippen LogP contribution in [0.2, 0.25) is 0 Å². The molecule has 0 spiro atoms. The standard InChI is InChI=1S/C15H13BrFN3O/c1-9(2)12-8-13-15(18-5-6-20(13)19-12)21-14-7-10(16)3-4-11(14)17/h3-9H,1-2H3. The molecule has 0 unspecified atom stereocenters. The van der Waals surface area contributed by atoms with Gasteiger partial charge in [0.15, 0.2) is 11.6 Å². The van der Waals surface area contributed by atoms with Gasteiger partial charge in [-0.2, -0.15) is 5.10 Å². The van der Waals surface area contributed by atoms with Crippen LogP contribution >= 0.6 is 15.9 Å². The average molecular weight is 350 g/mol. The topological polar surface area (TPSA) is 39.4 Å². The summed E-state index contributed by atoms with van der Waals surface area (Å²) in [6.45, 7) is 4.12. The van der Waals surface area contributed by atoms with E-state index in [-0.39, 0.29) is 5.75 Å². The second kappa shape index (κ2) is 5.44. The van der Waals surface area contributed by atoms with E-state index >= 15 is 0 Å². The van der Waals surface area contributed by atoms with Crippen molar-refractivity contribution in [3.05, 3.63) is 52.6 Å². The molecular weight excluding hydrogens is 337 g/mol. The van der Waals surface area contributed by atoms with Crippen LogP contribution in [-0.2, 0) is 0 Å². The second-order valence-electron chi connectivity index (χ2n) is 4.96. The Morgan fingerprint density at radius 3 is 2.86 bits per heavy atom. The Labute approximate surface area is 129 Å². The summed E-state index contributed by atoms with van der Waals surface area (Å²) in [5, 5.41) is 4.45. The predicted molar refractivity (Wildman–Crippen MR) is 81.3 cm³/mol. The third-order valence-electron chi connectivity index (χ3n) is 3.06. The molecule has 6 heteroatoms. The molecule has 0 fully saturated rings. The third kappa shape index (κ3) is 2.76. The van der Waals surface area contributed by atoms with Gasteiger partial charge in [0.25, 0.3) is 0 Å². The molecule has 108 valence electrons. The molecule has 1 aromatic carbocycles. The van der Waals surface area contributed by atoms with Crippen molar-refractivity contribution in [3.63, 3.8) is 0 Å². The number of hydrogen-bond donors (Lipinski definition) is 0. The summed E-state index contributed by atoms with van der Waals surface area (Å²) in [6, 6.07) is 6.44. The van der Waals surface area contributed by atoms with Crippen LogP contribution in [0.4, 0.5) is 4.39 Å². The van der Waals surface area contributed by atoms with E-state index in [1.807, 2.05) is 6.07 Å². The summed E-state index contributed by atoms with van der Waals surface area (Å²) in [4.78, 5) is 4.18. The number of benzene rings is 1. The zero-order valence-electron chi connectivity index (χ0n) is 11.5. The Kier molecular flexibility index (Phi) is 3.63. The summed E-state index contributed by atoms with van der Waals surface area (Å²) in [6.07, 6.45) is 3.32. The molecule has 0 N–H and O–H groups in total. The van der Waals surface area contributed by atoms with Crippen LogP contribution < -0.4 is 4.74 Å². The van der Waals surface area contributed by atoms with Crippen molar-refractivity contribution in [2.45, 2.75) is 19.8 Å². The number of halogens is 2. The highest BCUT2D eigenvalue weighted by molar-refractivity contribution is 9.10. The molecule has 0 bridgehead atoms. The number of fused-ring (bicyclic) bond motifs is 1. The highest BCUT2D eigenvalue weighted by Gasteiger charge is 2.13. The number of ether oxygens (including phenoxy) is 1. The van der Waals surface area contributed by atoms with Gasteiger partial charge in [-0.1, -0.05) is 29.8 Å². The maximum absolute atomic E-state index is 13.8. The monoisotopic (exact) mass is 349 g/mol. The van der Waals surface area contributed by atoms with E-state index in [9.17, 15) is 4.39 Å². The Morgan fingerprint density at radius 2 is 2.10 bits per heavy atom. The van der Waals surface area contributed by atoms with Crippen LogP contribution in [-0.4, -0.2) is 14.6 Å². The predicted octanol–water partition coefficient (Wildman–Crippen LogP) is 4.55. The van der Waals surface area contributed by atoms with Gasteiger partial charge in [0, 0.05) is 16.9 Å². The second-order valence-corrected chi connectivity index (χ2v) is 5.88. The molecule has 0 atom stereocenters.